The van der Waals surface area contributed by atoms with Crippen LogP contribution in [0.2, 0.25) is 0 Å². The predicted octanol–water partition coefficient (Wildman–Crippen LogP) is 4.00. The number of fused-ring (bicyclic) bond motifs is 1. The Morgan fingerprint density at radius 3 is 2.83 bits per heavy atom. The largest absolute Gasteiger partial charge is 0.454 e. The van der Waals surface area contributed by atoms with Crippen molar-refractivity contribution in [3.05, 3.63) is 64.1 Å². The molecule has 0 bridgehead atoms. The zero-order chi connectivity index (χ0) is 16.9. The number of ether oxygens (including phenoxy) is 2. The summed E-state index contributed by atoms with van der Waals surface area (Å²) in [5.41, 5.74) is 4.71. The van der Waals surface area contributed by atoms with Gasteiger partial charge in [-0.2, -0.15) is 5.10 Å². The highest BCUT2D eigenvalue weighted by molar-refractivity contribution is 9.10. The number of rotatable bonds is 4. The van der Waals surface area contributed by atoms with E-state index in [2.05, 4.69) is 26.5 Å². The van der Waals surface area contributed by atoms with Crippen molar-refractivity contribution in [3.63, 3.8) is 0 Å². The molecule has 2 aromatic rings. The lowest BCUT2D eigenvalue weighted by atomic mass is 10.2. The summed E-state index contributed by atoms with van der Waals surface area (Å²) >= 11 is 3.34. The molecule has 1 heterocycles. The van der Waals surface area contributed by atoms with Crippen LogP contribution in [0.25, 0.3) is 6.08 Å². The van der Waals surface area contributed by atoms with E-state index in [1.165, 1.54) is 0 Å². The molecule has 0 unspecified atom stereocenters. The number of amides is 1. The molecule has 0 aromatic heterocycles. The predicted molar refractivity (Wildman–Crippen MR) is 96.3 cm³/mol. The molecule has 24 heavy (non-hydrogen) atoms. The van der Waals surface area contributed by atoms with Crippen LogP contribution in [0.5, 0.6) is 11.5 Å². The summed E-state index contributed by atoms with van der Waals surface area (Å²) in [5.74, 6) is 1.21. The van der Waals surface area contributed by atoms with Gasteiger partial charge in [0, 0.05) is 4.47 Å². The molecule has 1 aliphatic rings. The maximum Gasteiger partial charge on any atom is 0.272 e. The van der Waals surface area contributed by atoms with Gasteiger partial charge >= 0.3 is 0 Å². The Morgan fingerprint density at radius 2 is 2.00 bits per heavy atom. The van der Waals surface area contributed by atoms with E-state index in [9.17, 15) is 4.79 Å². The minimum absolute atomic E-state index is 0.254. The van der Waals surface area contributed by atoms with Crippen molar-refractivity contribution >= 4 is 33.6 Å². The van der Waals surface area contributed by atoms with Gasteiger partial charge in [0.1, 0.15) is 0 Å². The number of nitrogens with zero attached hydrogens (tertiary/aromatic N) is 1. The Kier molecular flexibility index (Phi) is 4.96. The fraction of sp³-hybridized carbons (Fsp3) is 0.111. The van der Waals surface area contributed by atoms with Crippen molar-refractivity contribution in [2.24, 2.45) is 5.10 Å². The van der Waals surface area contributed by atoms with Crippen LogP contribution in [0.3, 0.4) is 0 Å². The van der Waals surface area contributed by atoms with Gasteiger partial charge in [-0.1, -0.05) is 24.3 Å². The lowest BCUT2D eigenvalue weighted by molar-refractivity contribution is 0.0954. The third-order valence-corrected chi connectivity index (χ3v) is 4.06. The zero-order valence-corrected chi connectivity index (χ0v) is 14.5. The fourth-order valence-electron chi connectivity index (χ4n) is 2.12. The quantitative estimate of drug-likeness (QED) is 0.638. The van der Waals surface area contributed by atoms with E-state index < -0.39 is 0 Å². The molecule has 2 aromatic carbocycles. The first kappa shape index (κ1) is 16.3. The number of hydrogen-bond acceptors (Lipinski definition) is 4. The number of benzene rings is 2. The first-order valence-corrected chi connectivity index (χ1v) is 8.09. The maximum atomic E-state index is 12.1. The standard InChI is InChI=1S/C18H15BrN2O3/c1-12(20-21-18(22)14-4-2-3-5-15(14)19)6-7-13-8-9-16-17(10-13)24-11-23-16/h2-10H,11H2,1H3,(H,21,22)/b7-6+,20-12+. The second kappa shape index (κ2) is 7.31. The monoisotopic (exact) mass is 386 g/mol. The average Bonchev–Trinajstić information content (AvgIpc) is 3.06. The number of nitrogens with one attached hydrogen (secondary N) is 1. The summed E-state index contributed by atoms with van der Waals surface area (Å²) in [6, 6.07) is 12.9. The van der Waals surface area contributed by atoms with Gasteiger partial charge in [-0.15, -0.1) is 0 Å². The number of hydrazone groups is 1. The highest BCUT2D eigenvalue weighted by Gasteiger charge is 2.12. The molecular formula is C18H15BrN2O3. The summed E-state index contributed by atoms with van der Waals surface area (Å²) < 4.78 is 11.3. The normalized spacial score (nSPS) is 13.3. The van der Waals surface area contributed by atoms with Crippen LogP contribution in [0.4, 0.5) is 0 Å². The molecule has 1 amide bonds. The molecule has 1 aliphatic heterocycles. The van der Waals surface area contributed by atoms with E-state index >= 15 is 0 Å². The summed E-state index contributed by atoms with van der Waals surface area (Å²) in [5, 5.41) is 4.08. The molecule has 1 N–H and O–H groups in total. The van der Waals surface area contributed by atoms with Crippen LogP contribution in [0.1, 0.15) is 22.8 Å². The van der Waals surface area contributed by atoms with Gasteiger partial charge < -0.3 is 9.47 Å². The van der Waals surface area contributed by atoms with Crippen molar-refractivity contribution in [2.75, 3.05) is 6.79 Å². The van der Waals surface area contributed by atoms with Gasteiger partial charge in [-0.3, -0.25) is 4.79 Å². The number of carbonyl (C=O) groups is 1. The molecule has 122 valence electrons. The fourth-order valence-corrected chi connectivity index (χ4v) is 2.58. The molecular weight excluding hydrogens is 372 g/mol. The molecule has 5 nitrogen and oxygen atoms in total. The Labute approximate surface area is 148 Å². The van der Waals surface area contributed by atoms with Crippen molar-refractivity contribution in [1.29, 1.82) is 0 Å². The van der Waals surface area contributed by atoms with Gasteiger partial charge in [-0.25, -0.2) is 5.43 Å². The molecule has 0 spiro atoms. The molecule has 0 atom stereocenters. The minimum Gasteiger partial charge on any atom is -0.454 e. The van der Waals surface area contributed by atoms with Gasteiger partial charge in [0.05, 0.1) is 11.3 Å². The van der Waals surface area contributed by atoms with Crippen LogP contribution in [0, 0.1) is 0 Å². The lowest BCUT2D eigenvalue weighted by Gasteiger charge is -2.02. The second-order valence-corrected chi connectivity index (χ2v) is 5.97. The first-order chi connectivity index (χ1) is 11.6. The van der Waals surface area contributed by atoms with Crippen molar-refractivity contribution in [1.82, 2.24) is 5.43 Å². The van der Waals surface area contributed by atoms with E-state index in [1.807, 2.05) is 49.4 Å². The highest BCUT2D eigenvalue weighted by atomic mass is 79.9. The van der Waals surface area contributed by atoms with Crippen LogP contribution < -0.4 is 14.9 Å². The maximum absolute atomic E-state index is 12.1. The van der Waals surface area contributed by atoms with Crippen LogP contribution >= 0.6 is 15.9 Å². The third kappa shape index (κ3) is 3.83. The summed E-state index contributed by atoms with van der Waals surface area (Å²) in [6.07, 6.45) is 3.71. The van der Waals surface area contributed by atoms with E-state index in [4.69, 9.17) is 9.47 Å². The number of hydrogen-bond donors (Lipinski definition) is 1. The summed E-state index contributed by atoms with van der Waals surface area (Å²) in [4.78, 5) is 12.1. The Morgan fingerprint density at radius 1 is 1.21 bits per heavy atom. The molecule has 0 saturated heterocycles. The zero-order valence-electron chi connectivity index (χ0n) is 13.0. The molecule has 0 fully saturated rings. The van der Waals surface area contributed by atoms with Gasteiger partial charge in [0.15, 0.2) is 11.5 Å². The van der Waals surface area contributed by atoms with Crippen LogP contribution in [-0.4, -0.2) is 18.4 Å². The van der Waals surface area contributed by atoms with E-state index in [-0.39, 0.29) is 12.7 Å². The topological polar surface area (TPSA) is 59.9 Å². The van der Waals surface area contributed by atoms with Gasteiger partial charge in [-0.05, 0) is 58.8 Å². The van der Waals surface area contributed by atoms with Crippen molar-refractivity contribution in [2.45, 2.75) is 6.92 Å². The number of allylic oxidation sites excluding steroid dienone is 1. The van der Waals surface area contributed by atoms with E-state index in [0.29, 0.717) is 11.3 Å². The number of halogens is 1. The lowest BCUT2D eigenvalue weighted by Crippen LogP contribution is -2.19. The summed E-state index contributed by atoms with van der Waals surface area (Å²) in [6.45, 7) is 2.06. The molecule has 3 rings (SSSR count). The minimum atomic E-state index is -0.265. The third-order valence-electron chi connectivity index (χ3n) is 3.37. The van der Waals surface area contributed by atoms with E-state index in [1.54, 1.807) is 12.1 Å². The smallest absolute Gasteiger partial charge is 0.272 e. The van der Waals surface area contributed by atoms with Crippen molar-refractivity contribution in [3.8, 4) is 11.5 Å². The summed E-state index contributed by atoms with van der Waals surface area (Å²) in [7, 11) is 0. The van der Waals surface area contributed by atoms with Crippen LogP contribution in [0.15, 0.2) is 58.1 Å². The molecule has 0 radical (unpaired) electrons. The van der Waals surface area contributed by atoms with Crippen LogP contribution in [-0.2, 0) is 0 Å². The first-order valence-electron chi connectivity index (χ1n) is 7.30. The SMILES string of the molecule is CC(/C=C/c1ccc2c(c1)OCO2)=N\NC(=O)c1ccccc1Br. The Balaban J connectivity index is 1.64. The van der Waals surface area contributed by atoms with Gasteiger partial charge in [0.25, 0.3) is 5.91 Å². The Bertz CT molecular complexity index is 831. The Hall–Kier alpha value is -2.60. The van der Waals surface area contributed by atoms with Gasteiger partial charge in [0.2, 0.25) is 6.79 Å². The molecule has 0 aliphatic carbocycles. The average molecular weight is 387 g/mol. The molecule has 0 saturated carbocycles. The van der Waals surface area contributed by atoms with Crippen molar-refractivity contribution < 1.29 is 14.3 Å². The second-order valence-electron chi connectivity index (χ2n) is 5.12. The number of carbonyl (C=O) groups excluding carboxylic acids is 1. The molecule has 6 heteroatoms. The highest BCUT2D eigenvalue weighted by Crippen LogP contribution is 2.32. The van der Waals surface area contributed by atoms with E-state index in [0.717, 1.165) is 21.5 Å².